The van der Waals surface area contributed by atoms with Gasteiger partial charge in [0.1, 0.15) is 6.04 Å². The second kappa shape index (κ2) is 6.87. The van der Waals surface area contributed by atoms with Crippen LogP contribution < -0.4 is 10.6 Å². The Morgan fingerprint density at radius 1 is 1.25 bits per heavy atom. The molecule has 0 aromatic carbocycles. The van der Waals surface area contributed by atoms with Crippen LogP contribution in [0.4, 0.5) is 0 Å². The number of hydrogen-bond donors (Lipinski definition) is 2. The van der Waals surface area contributed by atoms with Crippen molar-refractivity contribution in [3.63, 3.8) is 0 Å². The molecule has 2 aliphatic heterocycles. The Morgan fingerprint density at radius 3 is 2.80 bits per heavy atom. The summed E-state index contributed by atoms with van der Waals surface area (Å²) in [5.74, 6) is 1.00. The Labute approximate surface area is 121 Å². The number of morpholine rings is 1. The van der Waals surface area contributed by atoms with Crippen molar-refractivity contribution in [3.05, 3.63) is 0 Å². The Kier molecular flexibility index (Phi) is 4.91. The molecule has 114 valence electrons. The maximum atomic E-state index is 12.3. The van der Waals surface area contributed by atoms with Gasteiger partial charge in [0.25, 0.3) is 0 Å². The number of hydrogen-bond acceptors (Lipinski definition) is 4. The summed E-state index contributed by atoms with van der Waals surface area (Å²) in [5.41, 5.74) is 0. The van der Waals surface area contributed by atoms with Crippen molar-refractivity contribution >= 4 is 5.91 Å². The molecule has 3 aliphatic rings. The zero-order valence-electron chi connectivity index (χ0n) is 12.3. The van der Waals surface area contributed by atoms with Gasteiger partial charge in [-0.05, 0) is 57.7 Å². The number of piperidine rings is 1. The minimum Gasteiger partial charge on any atom is -0.378 e. The Morgan fingerprint density at radius 2 is 2.05 bits per heavy atom. The van der Waals surface area contributed by atoms with Crippen LogP contribution in [0.2, 0.25) is 0 Å². The first-order valence-corrected chi connectivity index (χ1v) is 8.16. The van der Waals surface area contributed by atoms with Crippen LogP contribution in [0.25, 0.3) is 0 Å². The highest BCUT2D eigenvalue weighted by molar-refractivity contribution is 5.82. The molecular formula is C15H27N3O2. The monoisotopic (exact) mass is 281 g/mol. The molecule has 2 heterocycles. The number of nitrogens with one attached hydrogen (secondary N) is 2. The lowest BCUT2D eigenvalue weighted by atomic mass is 9.94. The fourth-order valence-corrected chi connectivity index (χ4v) is 3.19. The number of carbonyl (C=O) groups excluding carboxylic acids is 1. The Hall–Kier alpha value is -0.650. The van der Waals surface area contributed by atoms with E-state index in [0.29, 0.717) is 12.6 Å². The number of rotatable bonds is 5. The van der Waals surface area contributed by atoms with Crippen LogP contribution in [0, 0.1) is 5.92 Å². The molecule has 1 saturated carbocycles. The molecule has 3 rings (SSSR count). The summed E-state index contributed by atoms with van der Waals surface area (Å²) < 4.78 is 5.51. The molecule has 20 heavy (non-hydrogen) atoms. The van der Waals surface area contributed by atoms with Crippen molar-refractivity contribution in [2.45, 2.75) is 44.2 Å². The molecule has 0 bridgehead atoms. The maximum Gasteiger partial charge on any atom is 0.239 e. The standard InChI is InChI=1S/C15H27N3O2/c19-15(17-13-1-2-13)14-11-20-10-9-18(14)8-5-12-3-6-16-7-4-12/h12-14,16H,1-11H2,(H,17,19). The molecule has 1 atom stereocenters. The second-order valence-electron chi connectivity index (χ2n) is 6.39. The maximum absolute atomic E-state index is 12.3. The van der Waals surface area contributed by atoms with E-state index in [2.05, 4.69) is 15.5 Å². The predicted octanol–water partition coefficient (Wildman–Crippen LogP) is 0.356. The van der Waals surface area contributed by atoms with Gasteiger partial charge in [-0.1, -0.05) is 0 Å². The van der Waals surface area contributed by atoms with Gasteiger partial charge < -0.3 is 15.4 Å². The van der Waals surface area contributed by atoms with Crippen LogP contribution in [-0.2, 0) is 9.53 Å². The molecule has 1 aliphatic carbocycles. The Balaban J connectivity index is 1.47. The Bertz CT molecular complexity index is 327. The highest BCUT2D eigenvalue weighted by Gasteiger charge is 2.33. The van der Waals surface area contributed by atoms with Crippen LogP contribution in [0.15, 0.2) is 0 Å². The smallest absolute Gasteiger partial charge is 0.239 e. The molecule has 0 spiro atoms. The van der Waals surface area contributed by atoms with E-state index in [-0.39, 0.29) is 11.9 Å². The van der Waals surface area contributed by atoms with Gasteiger partial charge in [0.2, 0.25) is 5.91 Å². The summed E-state index contributed by atoms with van der Waals surface area (Å²) in [4.78, 5) is 14.6. The van der Waals surface area contributed by atoms with E-state index in [1.54, 1.807) is 0 Å². The number of nitrogens with zero attached hydrogens (tertiary/aromatic N) is 1. The lowest BCUT2D eigenvalue weighted by Crippen LogP contribution is -2.54. The first-order valence-electron chi connectivity index (χ1n) is 8.16. The van der Waals surface area contributed by atoms with Gasteiger partial charge in [-0.15, -0.1) is 0 Å². The molecule has 2 saturated heterocycles. The van der Waals surface area contributed by atoms with Crippen molar-refractivity contribution in [2.75, 3.05) is 39.4 Å². The summed E-state index contributed by atoms with van der Waals surface area (Å²) in [6, 6.07) is 0.377. The average Bonchev–Trinajstić information content (AvgIpc) is 3.30. The van der Waals surface area contributed by atoms with Gasteiger partial charge in [-0.2, -0.15) is 0 Å². The van der Waals surface area contributed by atoms with Gasteiger partial charge in [-0.3, -0.25) is 9.69 Å². The van der Waals surface area contributed by atoms with Gasteiger partial charge in [-0.25, -0.2) is 0 Å². The molecule has 1 unspecified atom stereocenters. The van der Waals surface area contributed by atoms with Crippen LogP contribution in [0.5, 0.6) is 0 Å². The molecule has 3 fully saturated rings. The number of amides is 1. The highest BCUT2D eigenvalue weighted by atomic mass is 16.5. The topological polar surface area (TPSA) is 53.6 Å². The summed E-state index contributed by atoms with van der Waals surface area (Å²) >= 11 is 0. The van der Waals surface area contributed by atoms with Gasteiger partial charge in [0.05, 0.1) is 13.2 Å². The summed E-state index contributed by atoms with van der Waals surface area (Å²) in [7, 11) is 0. The third kappa shape index (κ3) is 3.93. The minimum absolute atomic E-state index is 0.0638. The van der Waals surface area contributed by atoms with Gasteiger partial charge in [0, 0.05) is 12.6 Å². The molecular weight excluding hydrogens is 254 g/mol. The van der Waals surface area contributed by atoms with E-state index >= 15 is 0 Å². The largest absolute Gasteiger partial charge is 0.378 e. The van der Waals surface area contributed by atoms with E-state index in [0.717, 1.165) is 51.5 Å². The molecule has 0 aromatic rings. The highest BCUT2D eigenvalue weighted by Crippen LogP contribution is 2.21. The van der Waals surface area contributed by atoms with Gasteiger partial charge >= 0.3 is 0 Å². The number of carbonyl (C=O) groups is 1. The minimum atomic E-state index is -0.0638. The third-order valence-corrected chi connectivity index (χ3v) is 4.75. The predicted molar refractivity (Wildman–Crippen MR) is 77.6 cm³/mol. The van der Waals surface area contributed by atoms with E-state index in [9.17, 15) is 4.79 Å². The lowest BCUT2D eigenvalue weighted by Gasteiger charge is -2.35. The molecule has 0 aromatic heterocycles. The SMILES string of the molecule is O=C(NC1CC1)C1COCCN1CCC1CCNCC1. The van der Waals surface area contributed by atoms with Crippen LogP contribution in [0.1, 0.15) is 32.1 Å². The molecule has 0 radical (unpaired) electrons. The van der Waals surface area contributed by atoms with Crippen LogP contribution >= 0.6 is 0 Å². The fraction of sp³-hybridized carbons (Fsp3) is 0.933. The van der Waals surface area contributed by atoms with Crippen molar-refractivity contribution in [3.8, 4) is 0 Å². The quantitative estimate of drug-likeness (QED) is 0.764. The summed E-state index contributed by atoms with van der Waals surface area (Å²) in [5, 5.41) is 6.53. The van der Waals surface area contributed by atoms with Gasteiger partial charge in [0.15, 0.2) is 0 Å². The van der Waals surface area contributed by atoms with Crippen molar-refractivity contribution in [1.29, 1.82) is 0 Å². The van der Waals surface area contributed by atoms with Crippen molar-refractivity contribution < 1.29 is 9.53 Å². The molecule has 5 heteroatoms. The summed E-state index contributed by atoms with van der Waals surface area (Å²) in [6.45, 7) is 5.56. The molecule has 1 amide bonds. The van der Waals surface area contributed by atoms with Crippen LogP contribution in [-0.4, -0.2) is 62.3 Å². The normalized spacial score (nSPS) is 29.3. The first kappa shape index (κ1) is 14.3. The lowest BCUT2D eigenvalue weighted by molar-refractivity contribution is -0.132. The summed E-state index contributed by atoms with van der Waals surface area (Å²) in [6.07, 6.45) is 6.07. The zero-order chi connectivity index (χ0) is 13.8. The van der Waals surface area contributed by atoms with Crippen molar-refractivity contribution in [1.82, 2.24) is 15.5 Å². The average molecular weight is 281 g/mol. The molecule has 5 nitrogen and oxygen atoms in total. The zero-order valence-corrected chi connectivity index (χ0v) is 12.3. The van der Waals surface area contributed by atoms with E-state index < -0.39 is 0 Å². The molecule has 2 N–H and O–H groups in total. The third-order valence-electron chi connectivity index (χ3n) is 4.75. The number of ether oxygens (including phenoxy) is 1. The first-order chi connectivity index (χ1) is 9.83. The van der Waals surface area contributed by atoms with E-state index in [1.807, 2.05) is 0 Å². The van der Waals surface area contributed by atoms with E-state index in [4.69, 9.17) is 4.74 Å². The van der Waals surface area contributed by atoms with E-state index in [1.165, 1.54) is 19.3 Å². The fourth-order valence-electron chi connectivity index (χ4n) is 3.19. The second-order valence-corrected chi connectivity index (χ2v) is 6.39. The van der Waals surface area contributed by atoms with Crippen LogP contribution in [0.3, 0.4) is 0 Å². The van der Waals surface area contributed by atoms with Crippen molar-refractivity contribution in [2.24, 2.45) is 5.92 Å².